The minimum atomic E-state index is 0.483. The Hall–Kier alpha value is -2.08. The second kappa shape index (κ2) is 7.66. The van der Waals surface area contributed by atoms with E-state index in [2.05, 4.69) is 32.3 Å². The number of ether oxygens (including phenoxy) is 1. The molecular weight excluding hydrogens is 326 g/mol. The Kier molecular flexibility index (Phi) is 5.35. The SMILES string of the molecule is CCC1CCCCN1c1nncc(Nc2cc(Cl)ccc2OC)n1. The van der Waals surface area contributed by atoms with E-state index in [9.17, 15) is 0 Å². The summed E-state index contributed by atoms with van der Waals surface area (Å²) in [6, 6.07) is 5.89. The van der Waals surface area contributed by atoms with Crippen molar-refractivity contribution in [2.75, 3.05) is 23.9 Å². The van der Waals surface area contributed by atoms with Gasteiger partial charge in [-0.3, -0.25) is 0 Å². The summed E-state index contributed by atoms with van der Waals surface area (Å²) in [7, 11) is 1.62. The fraction of sp³-hybridized carbons (Fsp3) is 0.471. The highest BCUT2D eigenvalue weighted by molar-refractivity contribution is 6.31. The average molecular weight is 348 g/mol. The minimum Gasteiger partial charge on any atom is -0.495 e. The molecule has 1 unspecified atom stereocenters. The number of nitrogens with zero attached hydrogens (tertiary/aromatic N) is 4. The van der Waals surface area contributed by atoms with Crippen molar-refractivity contribution in [3.05, 3.63) is 29.4 Å². The van der Waals surface area contributed by atoms with Crippen LogP contribution in [-0.4, -0.2) is 34.9 Å². The highest BCUT2D eigenvalue weighted by Gasteiger charge is 2.23. The van der Waals surface area contributed by atoms with Gasteiger partial charge in [0.1, 0.15) is 5.75 Å². The average Bonchev–Trinajstić information content (AvgIpc) is 2.62. The van der Waals surface area contributed by atoms with E-state index in [0.29, 0.717) is 28.6 Å². The lowest BCUT2D eigenvalue weighted by molar-refractivity contribution is 0.417. The standard InChI is InChI=1S/C17H22ClN5O/c1-3-13-6-4-5-9-23(13)17-21-16(11-19-22-17)20-14-10-12(18)7-8-15(14)24-2/h7-8,10-11,13H,3-6,9H2,1-2H3,(H,20,21,22). The Morgan fingerprint density at radius 2 is 2.25 bits per heavy atom. The van der Waals surface area contributed by atoms with Gasteiger partial charge in [0.25, 0.3) is 0 Å². The number of piperidine rings is 1. The van der Waals surface area contributed by atoms with Gasteiger partial charge >= 0.3 is 0 Å². The van der Waals surface area contributed by atoms with Crippen molar-refractivity contribution in [1.82, 2.24) is 15.2 Å². The molecule has 24 heavy (non-hydrogen) atoms. The van der Waals surface area contributed by atoms with Crippen LogP contribution < -0.4 is 15.0 Å². The molecule has 1 N–H and O–H groups in total. The second-order valence-electron chi connectivity index (χ2n) is 5.86. The summed E-state index contributed by atoms with van der Waals surface area (Å²) in [4.78, 5) is 6.90. The highest BCUT2D eigenvalue weighted by atomic mass is 35.5. The molecule has 1 aromatic heterocycles. The lowest BCUT2D eigenvalue weighted by Crippen LogP contribution is -2.40. The smallest absolute Gasteiger partial charge is 0.247 e. The van der Waals surface area contributed by atoms with E-state index in [1.807, 2.05) is 6.07 Å². The van der Waals surface area contributed by atoms with Gasteiger partial charge in [0.15, 0.2) is 5.82 Å². The molecule has 0 spiro atoms. The zero-order valence-electron chi connectivity index (χ0n) is 14.0. The number of nitrogens with one attached hydrogen (secondary N) is 1. The van der Waals surface area contributed by atoms with Crippen LogP contribution in [0.5, 0.6) is 5.75 Å². The number of benzene rings is 1. The predicted molar refractivity (Wildman–Crippen MR) is 96.4 cm³/mol. The van der Waals surface area contributed by atoms with Gasteiger partial charge in [-0.25, -0.2) is 0 Å². The van der Waals surface area contributed by atoms with Gasteiger partial charge < -0.3 is 15.0 Å². The van der Waals surface area contributed by atoms with Gasteiger partial charge in [0.05, 0.1) is 19.0 Å². The molecule has 1 aliphatic heterocycles. The van der Waals surface area contributed by atoms with Gasteiger partial charge in [-0.1, -0.05) is 18.5 Å². The van der Waals surface area contributed by atoms with E-state index in [1.54, 1.807) is 25.4 Å². The molecule has 1 atom stereocenters. The Morgan fingerprint density at radius 1 is 1.38 bits per heavy atom. The zero-order valence-corrected chi connectivity index (χ0v) is 14.8. The first kappa shape index (κ1) is 16.8. The van der Waals surface area contributed by atoms with E-state index in [4.69, 9.17) is 16.3 Å². The number of hydrogen-bond donors (Lipinski definition) is 1. The molecule has 0 bridgehead atoms. The quantitative estimate of drug-likeness (QED) is 0.880. The molecule has 1 aliphatic rings. The van der Waals surface area contributed by atoms with Crippen LogP contribution in [0.1, 0.15) is 32.6 Å². The van der Waals surface area contributed by atoms with E-state index in [-0.39, 0.29) is 0 Å². The summed E-state index contributed by atoms with van der Waals surface area (Å²) in [5.41, 5.74) is 0.752. The van der Waals surface area contributed by atoms with Gasteiger partial charge in [0, 0.05) is 17.6 Å². The van der Waals surface area contributed by atoms with Crippen LogP contribution in [0.25, 0.3) is 0 Å². The van der Waals surface area contributed by atoms with Gasteiger partial charge in [-0.15, -0.1) is 5.10 Å². The summed E-state index contributed by atoms with van der Waals surface area (Å²) in [6.07, 6.45) is 6.30. The molecule has 3 rings (SSSR count). The number of anilines is 3. The van der Waals surface area contributed by atoms with Crippen molar-refractivity contribution in [2.24, 2.45) is 0 Å². The first-order valence-electron chi connectivity index (χ1n) is 8.28. The molecule has 7 heteroatoms. The minimum absolute atomic E-state index is 0.483. The summed E-state index contributed by atoms with van der Waals surface area (Å²) in [5.74, 6) is 2.00. The largest absolute Gasteiger partial charge is 0.495 e. The van der Waals surface area contributed by atoms with Crippen LogP contribution in [-0.2, 0) is 0 Å². The fourth-order valence-corrected chi connectivity index (χ4v) is 3.25. The Balaban J connectivity index is 1.84. The summed E-state index contributed by atoms with van der Waals surface area (Å²) < 4.78 is 5.36. The topological polar surface area (TPSA) is 63.2 Å². The number of halogens is 1. The maximum absolute atomic E-state index is 6.08. The highest BCUT2D eigenvalue weighted by Crippen LogP contribution is 2.30. The summed E-state index contributed by atoms with van der Waals surface area (Å²) in [5, 5.41) is 12.2. The van der Waals surface area contributed by atoms with E-state index >= 15 is 0 Å². The third kappa shape index (κ3) is 3.70. The molecule has 0 saturated carbocycles. The molecule has 0 aliphatic carbocycles. The van der Waals surface area contributed by atoms with Crippen LogP contribution in [0.3, 0.4) is 0 Å². The molecule has 1 saturated heterocycles. The van der Waals surface area contributed by atoms with Crippen molar-refractivity contribution < 1.29 is 4.74 Å². The van der Waals surface area contributed by atoms with E-state index in [1.165, 1.54) is 19.3 Å². The van der Waals surface area contributed by atoms with Gasteiger partial charge in [-0.05, 0) is 43.9 Å². The molecule has 6 nitrogen and oxygen atoms in total. The number of rotatable bonds is 5. The summed E-state index contributed by atoms with van der Waals surface area (Å²) >= 11 is 6.08. The van der Waals surface area contributed by atoms with Gasteiger partial charge in [0.2, 0.25) is 5.95 Å². The molecule has 1 fully saturated rings. The first-order chi connectivity index (χ1) is 11.7. The monoisotopic (exact) mass is 347 g/mol. The molecule has 0 radical (unpaired) electrons. The molecular formula is C17H22ClN5O. The maximum Gasteiger partial charge on any atom is 0.247 e. The van der Waals surface area contributed by atoms with Crippen molar-refractivity contribution in [2.45, 2.75) is 38.6 Å². The van der Waals surface area contributed by atoms with Crippen LogP contribution in [0, 0.1) is 0 Å². The third-order valence-corrected chi connectivity index (χ3v) is 4.56. The summed E-state index contributed by atoms with van der Waals surface area (Å²) in [6.45, 7) is 3.18. The van der Waals surface area contributed by atoms with Crippen molar-refractivity contribution in [3.63, 3.8) is 0 Å². The lowest BCUT2D eigenvalue weighted by Gasteiger charge is -2.34. The predicted octanol–water partition coefficient (Wildman–Crippen LogP) is 4.05. The number of methoxy groups -OCH3 is 1. The van der Waals surface area contributed by atoms with Crippen LogP contribution in [0.4, 0.5) is 17.5 Å². The van der Waals surface area contributed by atoms with E-state index in [0.717, 1.165) is 18.7 Å². The van der Waals surface area contributed by atoms with Crippen molar-refractivity contribution in [3.8, 4) is 5.75 Å². The second-order valence-corrected chi connectivity index (χ2v) is 6.30. The number of hydrogen-bond acceptors (Lipinski definition) is 6. The Bertz CT molecular complexity index is 696. The maximum atomic E-state index is 6.08. The lowest BCUT2D eigenvalue weighted by atomic mass is 10.0. The molecule has 2 aromatic rings. The van der Waals surface area contributed by atoms with Crippen molar-refractivity contribution >= 4 is 29.1 Å². The normalized spacial score (nSPS) is 17.6. The zero-order chi connectivity index (χ0) is 16.9. The molecule has 0 amide bonds. The first-order valence-corrected chi connectivity index (χ1v) is 8.66. The fourth-order valence-electron chi connectivity index (χ4n) is 3.08. The Labute approximate surface area is 147 Å². The Morgan fingerprint density at radius 3 is 3.04 bits per heavy atom. The van der Waals surface area contributed by atoms with Crippen LogP contribution in [0.15, 0.2) is 24.4 Å². The van der Waals surface area contributed by atoms with Gasteiger partial charge in [-0.2, -0.15) is 10.1 Å². The molecule has 2 heterocycles. The van der Waals surface area contributed by atoms with E-state index < -0.39 is 0 Å². The number of aromatic nitrogens is 3. The molecule has 1 aromatic carbocycles. The van der Waals surface area contributed by atoms with Crippen LogP contribution in [0.2, 0.25) is 5.02 Å². The van der Waals surface area contributed by atoms with Crippen LogP contribution >= 0.6 is 11.6 Å². The molecule has 128 valence electrons. The van der Waals surface area contributed by atoms with Crippen molar-refractivity contribution in [1.29, 1.82) is 0 Å². The third-order valence-electron chi connectivity index (χ3n) is 4.33.